The van der Waals surface area contributed by atoms with Gasteiger partial charge in [-0.3, -0.25) is 4.68 Å². The van der Waals surface area contributed by atoms with Crippen molar-refractivity contribution in [2.75, 3.05) is 18.0 Å². The molecule has 0 spiro atoms. The highest BCUT2D eigenvalue weighted by atomic mass is 35.5. The molecule has 224 valence electrons. The fraction of sp³-hybridized carbons (Fsp3) is 0.290. The maximum Gasteiger partial charge on any atom is 0.245 e. The van der Waals surface area contributed by atoms with Gasteiger partial charge in [0.25, 0.3) is 0 Å². The van der Waals surface area contributed by atoms with E-state index < -0.39 is 26.3 Å². The van der Waals surface area contributed by atoms with Crippen molar-refractivity contribution in [3.05, 3.63) is 83.7 Å². The van der Waals surface area contributed by atoms with Gasteiger partial charge in [0.2, 0.25) is 10.0 Å². The summed E-state index contributed by atoms with van der Waals surface area (Å²) in [5, 5.41) is 18.5. The molecule has 4 aromatic heterocycles. The predicted molar refractivity (Wildman–Crippen MR) is 164 cm³/mol. The molecule has 5 aromatic rings. The highest BCUT2D eigenvalue weighted by molar-refractivity contribution is 7.89. The Labute approximate surface area is 258 Å². The number of benzene rings is 1. The van der Waals surface area contributed by atoms with Crippen LogP contribution in [-0.4, -0.2) is 51.4 Å². The third-order valence-corrected chi connectivity index (χ3v) is 10.8. The molecule has 10 nitrogen and oxygen atoms in total. The fourth-order valence-electron chi connectivity index (χ4n) is 6.89. The van der Waals surface area contributed by atoms with Gasteiger partial charge in [-0.05, 0) is 68.0 Å². The number of nitrogens with one attached hydrogen (secondary N) is 1. The molecule has 2 fully saturated rings. The monoisotopic (exact) mass is 630 g/mol. The summed E-state index contributed by atoms with van der Waals surface area (Å²) in [6.07, 6.45) is 8.35. The zero-order valence-electron chi connectivity index (χ0n) is 23.9. The average Bonchev–Trinajstić information content (AvgIpc) is 3.74. The van der Waals surface area contributed by atoms with E-state index in [1.165, 1.54) is 12.1 Å². The zero-order valence-corrected chi connectivity index (χ0v) is 25.5. The van der Waals surface area contributed by atoms with Crippen molar-refractivity contribution in [2.24, 2.45) is 18.9 Å². The van der Waals surface area contributed by atoms with Gasteiger partial charge in [0.15, 0.2) is 0 Å². The zero-order chi connectivity index (χ0) is 30.8. The molecular weight excluding hydrogens is 603 g/mol. The van der Waals surface area contributed by atoms with E-state index in [9.17, 15) is 18.1 Å². The molecule has 0 amide bonds. The molecule has 1 aromatic carbocycles. The van der Waals surface area contributed by atoms with E-state index in [0.717, 1.165) is 47.4 Å². The van der Waals surface area contributed by atoms with Gasteiger partial charge >= 0.3 is 0 Å². The Balaban J connectivity index is 1.10. The van der Waals surface area contributed by atoms with E-state index in [1.54, 1.807) is 15.4 Å². The van der Waals surface area contributed by atoms with Crippen LogP contribution >= 0.6 is 11.6 Å². The van der Waals surface area contributed by atoms with Crippen LogP contribution in [-0.2, 0) is 17.1 Å². The van der Waals surface area contributed by atoms with E-state index in [0.29, 0.717) is 23.9 Å². The minimum absolute atomic E-state index is 0.138. The lowest BCUT2D eigenvalue weighted by atomic mass is 10.00. The predicted octanol–water partition coefficient (Wildman–Crippen LogP) is 5.04. The Morgan fingerprint density at radius 1 is 1.11 bits per heavy atom. The Morgan fingerprint density at radius 3 is 2.52 bits per heavy atom. The Bertz CT molecular complexity index is 2030. The van der Waals surface area contributed by atoms with Gasteiger partial charge in [-0.15, -0.1) is 0 Å². The molecule has 3 atom stereocenters. The molecule has 0 bridgehead atoms. The molecule has 0 radical (unpaired) electrons. The number of hydrogen-bond donors (Lipinski definition) is 1. The van der Waals surface area contributed by atoms with Crippen LogP contribution in [0.5, 0.6) is 0 Å². The van der Waals surface area contributed by atoms with Gasteiger partial charge in [0, 0.05) is 61.0 Å². The second kappa shape index (κ2) is 10.4. The minimum Gasteiger partial charge on any atom is -0.356 e. The van der Waals surface area contributed by atoms with Gasteiger partial charge in [-0.1, -0.05) is 17.7 Å². The Hall–Kier alpha value is -4.31. The highest BCUT2D eigenvalue weighted by Crippen LogP contribution is 2.45. The third kappa shape index (κ3) is 4.91. The highest BCUT2D eigenvalue weighted by Gasteiger charge is 2.49. The van der Waals surface area contributed by atoms with Crippen LogP contribution in [0.15, 0.2) is 72.1 Å². The van der Waals surface area contributed by atoms with E-state index in [2.05, 4.69) is 25.9 Å². The van der Waals surface area contributed by atoms with Crippen molar-refractivity contribution < 1.29 is 12.8 Å². The van der Waals surface area contributed by atoms with E-state index in [4.69, 9.17) is 16.6 Å². The summed E-state index contributed by atoms with van der Waals surface area (Å²) in [5.41, 5.74) is 3.81. The first-order chi connectivity index (χ1) is 21.0. The largest absolute Gasteiger partial charge is 0.356 e. The minimum atomic E-state index is -4.14. The standard InChI is InChI=1S/C31H28ClFN8O2S/c1-31(38-44(42,43)30-25(32)4-3-5-26(30)33)11-21-16-40(17-22(21)12-31)28-7-6-19(14-35-28)24-10-20(27-8-9-39(2)37-27)18-41-29(24)23(13-34)15-36-41/h3-10,14-15,18,21-22,38H,11-12,16-17H2,1-2H3/t21-,22+,31?. The van der Waals surface area contributed by atoms with E-state index >= 15 is 0 Å². The van der Waals surface area contributed by atoms with Crippen molar-refractivity contribution in [3.63, 3.8) is 0 Å². The van der Waals surface area contributed by atoms with Crippen LogP contribution in [0.2, 0.25) is 5.02 Å². The maximum absolute atomic E-state index is 14.4. The number of sulfonamides is 1. The molecule has 13 heteroatoms. The van der Waals surface area contributed by atoms with Crippen LogP contribution in [0.25, 0.3) is 27.9 Å². The number of nitriles is 1. The lowest BCUT2D eigenvalue weighted by Crippen LogP contribution is -2.45. The molecule has 2 aliphatic rings. The maximum atomic E-state index is 14.4. The lowest BCUT2D eigenvalue weighted by molar-refractivity contribution is 0.399. The summed E-state index contributed by atoms with van der Waals surface area (Å²) in [6.45, 7) is 3.34. The van der Waals surface area contributed by atoms with E-state index in [-0.39, 0.29) is 16.9 Å². The molecule has 5 heterocycles. The molecule has 44 heavy (non-hydrogen) atoms. The smallest absolute Gasteiger partial charge is 0.245 e. The average molecular weight is 631 g/mol. The topological polar surface area (TPSA) is 121 Å². The van der Waals surface area contributed by atoms with Gasteiger partial charge in [0.1, 0.15) is 22.6 Å². The number of pyridine rings is 2. The first-order valence-electron chi connectivity index (χ1n) is 14.1. The summed E-state index contributed by atoms with van der Waals surface area (Å²) in [5.74, 6) is 0.461. The Kier molecular flexibility index (Phi) is 6.73. The van der Waals surface area contributed by atoms with Gasteiger partial charge in [-0.2, -0.15) is 15.5 Å². The lowest BCUT2D eigenvalue weighted by Gasteiger charge is -2.28. The second-order valence-corrected chi connectivity index (χ2v) is 14.0. The number of aryl methyl sites for hydroxylation is 1. The molecule has 1 aliphatic heterocycles. The summed E-state index contributed by atoms with van der Waals surface area (Å²) in [6, 6.07) is 14.0. The first-order valence-corrected chi connectivity index (χ1v) is 16.0. The van der Waals surface area contributed by atoms with Crippen molar-refractivity contribution >= 4 is 33.0 Å². The van der Waals surface area contributed by atoms with Crippen molar-refractivity contribution in [3.8, 4) is 28.5 Å². The number of aromatic nitrogens is 5. The number of anilines is 1. The molecular formula is C31H28ClFN8O2S. The summed E-state index contributed by atoms with van der Waals surface area (Å²) in [4.78, 5) is 6.51. The van der Waals surface area contributed by atoms with Crippen molar-refractivity contribution in [2.45, 2.75) is 30.2 Å². The van der Waals surface area contributed by atoms with Crippen LogP contribution in [0.3, 0.4) is 0 Å². The number of halogens is 2. The van der Waals surface area contributed by atoms with Crippen molar-refractivity contribution in [1.29, 1.82) is 5.26 Å². The summed E-state index contributed by atoms with van der Waals surface area (Å²) >= 11 is 6.06. The number of nitrogens with zero attached hydrogens (tertiary/aromatic N) is 7. The fourth-order valence-corrected chi connectivity index (χ4v) is 8.93. The summed E-state index contributed by atoms with van der Waals surface area (Å²) in [7, 11) is -2.28. The molecule has 1 saturated carbocycles. The number of rotatable bonds is 6. The van der Waals surface area contributed by atoms with Crippen LogP contribution in [0, 0.1) is 29.0 Å². The number of fused-ring (bicyclic) bond motifs is 2. The molecule has 7 rings (SSSR count). The van der Waals surface area contributed by atoms with Gasteiger partial charge in [-0.25, -0.2) is 27.0 Å². The molecule has 1 aliphatic carbocycles. The van der Waals surface area contributed by atoms with Crippen LogP contribution < -0.4 is 9.62 Å². The second-order valence-electron chi connectivity index (χ2n) is 11.9. The number of hydrogen-bond acceptors (Lipinski definition) is 7. The van der Waals surface area contributed by atoms with E-state index in [1.807, 2.05) is 56.8 Å². The quantitative estimate of drug-likeness (QED) is 0.279. The molecule has 1 saturated heterocycles. The molecule has 1 unspecified atom stereocenters. The van der Waals surface area contributed by atoms with Gasteiger partial charge < -0.3 is 4.90 Å². The third-order valence-electron chi connectivity index (χ3n) is 8.69. The van der Waals surface area contributed by atoms with Crippen LogP contribution in [0.4, 0.5) is 10.2 Å². The summed E-state index contributed by atoms with van der Waals surface area (Å²) < 4.78 is 46.8. The molecule has 1 N–H and O–H groups in total. The van der Waals surface area contributed by atoms with Gasteiger partial charge in [0.05, 0.1) is 28.0 Å². The van der Waals surface area contributed by atoms with Crippen LogP contribution in [0.1, 0.15) is 25.3 Å². The normalized spacial score (nSPS) is 21.6. The Morgan fingerprint density at radius 2 is 1.89 bits per heavy atom. The van der Waals surface area contributed by atoms with Crippen molar-refractivity contribution in [1.82, 2.24) is 29.1 Å². The SMILES string of the molecule is Cn1ccc(-c2cc(-c3ccc(N4C[C@@H]5CC(C)(NS(=O)(=O)c6c(F)cccc6Cl)C[C@@H]5C4)nc3)c3c(C#N)cnn3c2)n1. The first kappa shape index (κ1) is 28.5.